The van der Waals surface area contributed by atoms with E-state index in [1.54, 1.807) is 19.2 Å². The number of carbonyl (C=O) groups is 1. The number of amides is 1. The molecule has 0 saturated carbocycles. The van der Waals surface area contributed by atoms with Gasteiger partial charge in [-0.2, -0.15) is 0 Å². The molecule has 1 unspecified atom stereocenters. The molecule has 3 N–H and O–H groups in total. The molecule has 0 radical (unpaired) electrons. The molecule has 1 aromatic heterocycles. The number of nitrogens with zero attached hydrogens (tertiary/aromatic N) is 1. The van der Waals surface area contributed by atoms with Crippen LogP contribution in [-0.2, 0) is 0 Å². The first-order chi connectivity index (χ1) is 10.5. The molecule has 0 aromatic carbocycles. The van der Waals surface area contributed by atoms with Crippen LogP contribution >= 0.6 is 0 Å². The van der Waals surface area contributed by atoms with Crippen LogP contribution in [0.4, 0.5) is 0 Å². The number of nitrogens with one attached hydrogen (secondary N) is 3. The quantitative estimate of drug-likeness (QED) is 0.390. The lowest BCUT2D eigenvalue weighted by Gasteiger charge is -2.18. The maximum Gasteiger partial charge on any atom is 0.287 e. The van der Waals surface area contributed by atoms with Crippen LogP contribution in [0.25, 0.3) is 0 Å². The highest BCUT2D eigenvalue weighted by molar-refractivity contribution is 5.91. The van der Waals surface area contributed by atoms with Crippen molar-refractivity contribution in [3.05, 3.63) is 24.2 Å². The first kappa shape index (κ1) is 18.1. The Bertz CT molecular complexity index is 455. The number of hydrogen-bond acceptors (Lipinski definition) is 3. The molecule has 124 valence electrons. The summed E-state index contributed by atoms with van der Waals surface area (Å²) in [5.74, 6) is 1.57. The van der Waals surface area contributed by atoms with Gasteiger partial charge in [-0.25, -0.2) is 0 Å². The van der Waals surface area contributed by atoms with Gasteiger partial charge >= 0.3 is 0 Å². The van der Waals surface area contributed by atoms with Gasteiger partial charge in [0.2, 0.25) is 0 Å². The maximum absolute atomic E-state index is 11.7. The Morgan fingerprint density at radius 3 is 2.55 bits per heavy atom. The second-order valence-corrected chi connectivity index (χ2v) is 5.75. The van der Waals surface area contributed by atoms with Gasteiger partial charge in [-0.3, -0.25) is 9.79 Å². The fourth-order valence-electron chi connectivity index (χ4n) is 1.94. The van der Waals surface area contributed by atoms with Crippen molar-refractivity contribution in [2.45, 2.75) is 39.7 Å². The average molecular weight is 308 g/mol. The summed E-state index contributed by atoms with van der Waals surface area (Å²) < 4.78 is 5.02. The third kappa shape index (κ3) is 7.15. The van der Waals surface area contributed by atoms with Gasteiger partial charge < -0.3 is 20.4 Å². The van der Waals surface area contributed by atoms with E-state index in [9.17, 15) is 4.79 Å². The Morgan fingerprint density at radius 1 is 1.23 bits per heavy atom. The van der Waals surface area contributed by atoms with E-state index in [1.807, 2.05) is 0 Å². The van der Waals surface area contributed by atoms with Crippen molar-refractivity contribution in [3.63, 3.8) is 0 Å². The maximum atomic E-state index is 11.7. The van der Waals surface area contributed by atoms with Crippen LogP contribution in [0.3, 0.4) is 0 Å². The molecular weight excluding hydrogens is 280 g/mol. The molecular formula is C16H28N4O2. The van der Waals surface area contributed by atoms with Crippen molar-refractivity contribution in [2.75, 3.05) is 20.1 Å². The van der Waals surface area contributed by atoms with Gasteiger partial charge in [-0.1, -0.05) is 13.8 Å². The summed E-state index contributed by atoms with van der Waals surface area (Å²) in [6.45, 7) is 7.69. The number of aliphatic imine (C=N–C) groups is 1. The van der Waals surface area contributed by atoms with Crippen molar-refractivity contribution < 1.29 is 9.21 Å². The third-order valence-electron chi connectivity index (χ3n) is 3.23. The number of rotatable bonds is 8. The van der Waals surface area contributed by atoms with Crippen LogP contribution in [0.1, 0.15) is 44.2 Å². The van der Waals surface area contributed by atoms with E-state index < -0.39 is 0 Å². The summed E-state index contributed by atoms with van der Waals surface area (Å²) in [4.78, 5) is 15.9. The number of carbonyl (C=O) groups excluding carboxylic acids is 1. The Balaban J connectivity index is 2.20. The zero-order valence-corrected chi connectivity index (χ0v) is 14.0. The minimum atomic E-state index is -0.208. The molecule has 6 heteroatoms. The monoisotopic (exact) mass is 308 g/mol. The van der Waals surface area contributed by atoms with E-state index in [4.69, 9.17) is 4.42 Å². The molecule has 0 saturated heterocycles. The van der Waals surface area contributed by atoms with Crippen LogP contribution in [0, 0.1) is 5.92 Å². The molecule has 1 aromatic rings. The van der Waals surface area contributed by atoms with Crippen LogP contribution in [0.2, 0.25) is 0 Å². The Kier molecular flexibility index (Phi) is 8.10. The van der Waals surface area contributed by atoms with Gasteiger partial charge in [0.05, 0.1) is 6.26 Å². The first-order valence-electron chi connectivity index (χ1n) is 7.81. The van der Waals surface area contributed by atoms with Gasteiger partial charge in [0.1, 0.15) is 0 Å². The van der Waals surface area contributed by atoms with Crippen LogP contribution in [-0.4, -0.2) is 38.0 Å². The SMILES string of the molecule is CN=C(NCCNC(=O)c1ccco1)NC(C)CCC(C)C. The Labute approximate surface area is 132 Å². The third-order valence-corrected chi connectivity index (χ3v) is 3.23. The van der Waals surface area contributed by atoms with Gasteiger partial charge in [0.25, 0.3) is 5.91 Å². The van der Waals surface area contributed by atoms with E-state index in [2.05, 4.69) is 41.7 Å². The van der Waals surface area contributed by atoms with Gasteiger partial charge in [-0.05, 0) is 37.8 Å². The van der Waals surface area contributed by atoms with Gasteiger partial charge in [-0.15, -0.1) is 0 Å². The number of hydrogen-bond donors (Lipinski definition) is 3. The summed E-state index contributed by atoms with van der Waals surface area (Å²) in [7, 11) is 1.74. The van der Waals surface area contributed by atoms with Crippen LogP contribution < -0.4 is 16.0 Å². The van der Waals surface area contributed by atoms with E-state index >= 15 is 0 Å². The first-order valence-corrected chi connectivity index (χ1v) is 7.81. The topological polar surface area (TPSA) is 78.7 Å². The summed E-state index contributed by atoms with van der Waals surface area (Å²) in [6, 6.07) is 3.70. The smallest absolute Gasteiger partial charge is 0.287 e. The fraction of sp³-hybridized carbons (Fsp3) is 0.625. The molecule has 0 aliphatic carbocycles. The lowest BCUT2D eigenvalue weighted by atomic mass is 10.0. The largest absolute Gasteiger partial charge is 0.459 e. The standard InChI is InChI=1S/C16H28N4O2/c1-12(2)7-8-13(3)20-16(17-4)19-10-9-18-15(21)14-6-5-11-22-14/h5-6,11-13H,7-10H2,1-4H3,(H,18,21)(H2,17,19,20). The lowest BCUT2D eigenvalue weighted by Crippen LogP contribution is -2.44. The lowest BCUT2D eigenvalue weighted by molar-refractivity contribution is 0.0926. The highest BCUT2D eigenvalue weighted by Gasteiger charge is 2.08. The minimum Gasteiger partial charge on any atom is -0.459 e. The molecule has 0 bridgehead atoms. The summed E-state index contributed by atoms with van der Waals surface area (Å²) >= 11 is 0. The molecule has 0 aliphatic heterocycles. The number of guanidine groups is 1. The van der Waals surface area contributed by atoms with Crippen LogP contribution in [0.15, 0.2) is 27.8 Å². The van der Waals surface area contributed by atoms with Crippen LogP contribution in [0.5, 0.6) is 0 Å². The molecule has 0 fully saturated rings. The van der Waals surface area contributed by atoms with E-state index in [0.29, 0.717) is 30.8 Å². The Morgan fingerprint density at radius 2 is 1.95 bits per heavy atom. The molecule has 0 aliphatic rings. The molecule has 0 spiro atoms. The second-order valence-electron chi connectivity index (χ2n) is 5.75. The second kappa shape index (κ2) is 9.87. The van der Waals surface area contributed by atoms with Crippen molar-refractivity contribution in [1.29, 1.82) is 0 Å². The highest BCUT2D eigenvalue weighted by atomic mass is 16.3. The normalized spacial score (nSPS) is 13.0. The van der Waals surface area contributed by atoms with E-state index in [1.165, 1.54) is 12.7 Å². The Hall–Kier alpha value is -1.98. The van der Waals surface area contributed by atoms with Crippen molar-refractivity contribution in [2.24, 2.45) is 10.9 Å². The fourth-order valence-corrected chi connectivity index (χ4v) is 1.94. The molecule has 1 heterocycles. The van der Waals surface area contributed by atoms with Crippen molar-refractivity contribution in [1.82, 2.24) is 16.0 Å². The summed E-state index contributed by atoms with van der Waals surface area (Å²) in [5.41, 5.74) is 0. The molecule has 22 heavy (non-hydrogen) atoms. The molecule has 1 atom stereocenters. The average Bonchev–Trinajstić information content (AvgIpc) is 3.02. The minimum absolute atomic E-state index is 0.208. The predicted molar refractivity (Wildman–Crippen MR) is 89.1 cm³/mol. The zero-order valence-electron chi connectivity index (χ0n) is 14.0. The summed E-state index contributed by atoms with van der Waals surface area (Å²) in [5, 5.41) is 9.31. The molecule has 1 amide bonds. The summed E-state index contributed by atoms with van der Waals surface area (Å²) in [6.07, 6.45) is 3.77. The van der Waals surface area contributed by atoms with Crippen molar-refractivity contribution >= 4 is 11.9 Å². The predicted octanol–water partition coefficient (Wildman–Crippen LogP) is 2.00. The highest BCUT2D eigenvalue weighted by Crippen LogP contribution is 2.06. The molecule has 6 nitrogen and oxygen atoms in total. The van der Waals surface area contributed by atoms with Crippen molar-refractivity contribution in [3.8, 4) is 0 Å². The van der Waals surface area contributed by atoms with E-state index in [-0.39, 0.29) is 5.91 Å². The molecule has 1 rings (SSSR count). The van der Waals surface area contributed by atoms with E-state index in [0.717, 1.165) is 12.4 Å². The zero-order chi connectivity index (χ0) is 16.4. The van der Waals surface area contributed by atoms with Gasteiger partial charge in [0.15, 0.2) is 11.7 Å². The number of furan rings is 1. The van der Waals surface area contributed by atoms with Gasteiger partial charge in [0, 0.05) is 26.2 Å².